The van der Waals surface area contributed by atoms with Gasteiger partial charge in [0, 0.05) is 0 Å². The highest BCUT2D eigenvalue weighted by atomic mass is 16.6. The lowest BCUT2D eigenvalue weighted by molar-refractivity contribution is -0.148. The van der Waals surface area contributed by atoms with Gasteiger partial charge in [0.1, 0.15) is 6.61 Å². The molecular weight excluding hydrogens is 388 g/mol. The molecule has 2 aromatic carbocycles. The number of nitrogens with one attached hydrogen (secondary N) is 2. The summed E-state index contributed by atoms with van der Waals surface area (Å²) < 4.78 is 16.0. The number of amides is 2. The smallest absolute Gasteiger partial charge is 0.310 e. The highest BCUT2D eigenvalue weighted by molar-refractivity contribution is 5.86. The van der Waals surface area contributed by atoms with E-state index in [-0.39, 0.29) is 13.0 Å². The summed E-state index contributed by atoms with van der Waals surface area (Å²) in [5.74, 6) is -0.711. The molecule has 4 rings (SSSR count). The van der Waals surface area contributed by atoms with Gasteiger partial charge in [-0.2, -0.15) is 0 Å². The van der Waals surface area contributed by atoms with Crippen molar-refractivity contribution in [3.63, 3.8) is 0 Å². The van der Waals surface area contributed by atoms with E-state index in [4.69, 9.17) is 14.2 Å². The Labute approximate surface area is 173 Å². The molecule has 0 spiro atoms. The molecule has 30 heavy (non-hydrogen) atoms. The van der Waals surface area contributed by atoms with Crippen molar-refractivity contribution < 1.29 is 28.6 Å². The third kappa shape index (κ3) is 4.71. The van der Waals surface area contributed by atoms with Crippen LogP contribution < -0.4 is 20.3 Å². The predicted octanol–water partition coefficient (Wildman–Crippen LogP) is 1.25. The summed E-state index contributed by atoms with van der Waals surface area (Å²) in [5.41, 5.74) is 7.93. The molecule has 0 unspecified atom stereocenters. The van der Waals surface area contributed by atoms with Crippen LogP contribution >= 0.6 is 0 Å². The van der Waals surface area contributed by atoms with Gasteiger partial charge in [-0.25, -0.2) is 0 Å². The van der Waals surface area contributed by atoms with E-state index >= 15 is 0 Å². The lowest BCUT2D eigenvalue weighted by Gasteiger charge is -2.25. The lowest BCUT2D eigenvalue weighted by atomic mass is 10.0. The molecule has 0 fully saturated rings. The number of aryl methyl sites for hydroxylation is 2. The second-order valence-electron chi connectivity index (χ2n) is 7.20. The molecule has 1 atom stereocenters. The molecule has 1 aliphatic carbocycles. The maximum atomic E-state index is 12.1. The normalized spacial score (nSPS) is 16.3. The van der Waals surface area contributed by atoms with Crippen LogP contribution in [0.1, 0.15) is 23.1 Å². The summed E-state index contributed by atoms with van der Waals surface area (Å²) >= 11 is 0. The first-order valence-corrected chi connectivity index (χ1v) is 9.82. The maximum absolute atomic E-state index is 12.1. The van der Waals surface area contributed by atoms with Crippen LogP contribution in [-0.2, 0) is 38.4 Å². The van der Waals surface area contributed by atoms with E-state index in [1.54, 1.807) is 24.3 Å². The Morgan fingerprint density at radius 3 is 2.67 bits per heavy atom. The zero-order valence-corrected chi connectivity index (χ0v) is 16.3. The largest absolute Gasteiger partial charge is 0.485 e. The molecule has 156 valence electrons. The van der Waals surface area contributed by atoms with Crippen LogP contribution in [0.5, 0.6) is 11.5 Å². The molecule has 0 radical (unpaired) electrons. The summed E-state index contributed by atoms with van der Waals surface area (Å²) in [6, 6.07) is 13.0. The van der Waals surface area contributed by atoms with Crippen molar-refractivity contribution in [2.24, 2.45) is 0 Å². The minimum Gasteiger partial charge on any atom is -0.485 e. The number of carbonyl (C=O) groups is 3. The number of hydrogen-bond acceptors (Lipinski definition) is 6. The second kappa shape index (κ2) is 8.86. The quantitative estimate of drug-likeness (QED) is 0.568. The molecule has 2 N–H and O–H groups in total. The first kappa shape index (κ1) is 19.8. The molecule has 1 aliphatic heterocycles. The fourth-order valence-electron chi connectivity index (χ4n) is 3.50. The van der Waals surface area contributed by atoms with E-state index in [0.717, 1.165) is 24.8 Å². The number of para-hydroxylation sites is 2. The Kier molecular flexibility index (Phi) is 5.83. The number of rotatable bonds is 5. The molecule has 2 amide bonds. The van der Waals surface area contributed by atoms with Gasteiger partial charge in [0.25, 0.3) is 11.8 Å². The average Bonchev–Trinajstić information content (AvgIpc) is 3.23. The van der Waals surface area contributed by atoms with Crippen LogP contribution in [0, 0.1) is 0 Å². The fourth-order valence-corrected chi connectivity index (χ4v) is 3.50. The number of benzene rings is 2. The summed E-state index contributed by atoms with van der Waals surface area (Å²) in [6.45, 7) is -0.469. The number of fused-ring (bicyclic) bond motifs is 2. The van der Waals surface area contributed by atoms with Crippen molar-refractivity contribution >= 4 is 17.8 Å². The minimum atomic E-state index is -0.900. The first-order valence-electron chi connectivity index (χ1n) is 9.82. The highest BCUT2D eigenvalue weighted by Gasteiger charge is 2.27. The van der Waals surface area contributed by atoms with Crippen molar-refractivity contribution in [2.75, 3.05) is 13.2 Å². The molecule has 2 aliphatic rings. The molecular formula is C22H22N2O6. The molecule has 0 saturated heterocycles. The van der Waals surface area contributed by atoms with E-state index in [2.05, 4.69) is 10.9 Å². The summed E-state index contributed by atoms with van der Waals surface area (Å²) in [4.78, 5) is 36.0. The lowest BCUT2D eigenvalue weighted by Crippen LogP contribution is -2.51. The number of esters is 1. The van der Waals surface area contributed by atoms with Crippen molar-refractivity contribution in [1.29, 1.82) is 0 Å². The Morgan fingerprint density at radius 2 is 1.80 bits per heavy atom. The van der Waals surface area contributed by atoms with Gasteiger partial charge in [-0.3, -0.25) is 25.2 Å². The predicted molar refractivity (Wildman–Crippen MR) is 106 cm³/mol. The summed E-state index contributed by atoms with van der Waals surface area (Å²) in [7, 11) is 0. The third-order valence-electron chi connectivity index (χ3n) is 5.00. The van der Waals surface area contributed by atoms with Crippen LogP contribution in [0.15, 0.2) is 42.5 Å². The molecule has 1 heterocycles. The van der Waals surface area contributed by atoms with Crippen LogP contribution in [0.3, 0.4) is 0 Å². The van der Waals surface area contributed by atoms with Gasteiger partial charge in [0.05, 0.1) is 6.42 Å². The number of hydrazine groups is 1. The van der Waals surface area contributed by atoms with E-state index in [1.165, 1.54) is 11.1 Å². The highest BCUT2D eigenvalue weighted by Crippen LogP contribution is 2.30. The summed E-state index contributed by atoms with van der Waals surface area (Å²) in [6.07, 6.45) is 2.44. The molecule has 0 bridgehead atoms. The van der Waals surface area contributed by atoms with Gasteiger partial charge in [0.2, 0.25) is 6.10 Å². The van der Waals surface area contributed by atoms with Gasteiger partial charge >= 0.3 is 5.97 Å². The average molecular weight is 410 g/mol. The van der Waals surface area contributed by atoms with Crippen LogP contribution in [0.25, 0.3) is 0 Å². The zero-order chi connectivity index (χ0) is 20.9. The van der Waals surface area contributed by atoms with Crippen LogP contribution in [0.4, 0.5) is 0 Å². The summed E-state index contributed by atoms with van der Waals surface area (Å²) in [5, 5.41) is 0. The molecule has 2 aromatic rings. The SMILES string of the molecule is O=C(COC(=O)Cc1ccc2c(c1)CCC2)NNC(=O)[C@H]1COc2ccccc2O1. The molecule has 8 nitrogen and oxygen atoms in total. The van der Waals surface area contributed by atoms with E-state index in [1.807, 2.05) is 18.2 Å². The number of hydrogen-bond donors (Lipinski definition) is 2. The van der Waals surface area contributed by atoms with Crippen LogP contribution in [-0.4, -0.2) is 37.1 Å². The van der Waals surface area contributed by atoms with Crippen LogP contribution in [0.2, 0.25) is 0 Å². The van der Waals surface area contributed by atoms with Gasteiger partial charge in [0.15, 0.2) is 18.1 Å². The van der Waals surface area contributed by atoms with E-state index in [9.17, 15) is 14.4 Å². The molecule has 0 aromatic heterocycles. The molecule has 0 saturated carbocycles. The Hall–Kier alpha value is -3.55. The van der Waals surface area contributed by atoms with E-state index in [0.29, 0.717) is 11.5 Å². The van der Waals surface area contributed by atoms with Crippen molar-refractivity contribution in [3.8, 4) is 11.5 Å². The fraction of sp³-hybridized carbons (Fsp3) is 0.318. The Bertz CT molecular complexity index is 974. The number of carbonyl (C=O) groups excluding carboxylic acids is 3. The third-order valence-corrected chi connectivity index (χ3v) is 5.00. The second-order valence-corrected chi connectivity index (χ2v) is 7.20. The topological polar surface area (TPSA) is 103 Å². The van der Waals surface area contributed by atoms with Crippen molar-refractivity contribution in [1.82, 2.24) is 10.9 Å². The maximum Gasteiger partial charge on any atom is 0.310 e. The number of ether oxygens (including phenoxy) is 3. The van der Waals surface area contributed by atoms with Gasteiger partial charge in [-0.1, -0.05) is 30.3 Å². The standard InChI is InChI=1S/C22H22N2O6/c25-20(13-29-21(26)11-14-8-9-15-4-3-5-16(15)10-14)23-24-22(27)19-12-28-17-6-1-2-7-18(17)30-19/h1-2,6-10,19H,3-5,11-13H2,(H,23,25)(H,24,27)/t19-/m1/s1. The van der Waals surface area contributed by atoms with E-state index < -0.39 is 30.5 Å². The van der Waals surface area contributed by atoms with Crippen molar-refractivity contribution in [2.45, 2.75) is 31.8 Å². The molecule has 8 heteroatoms. The Morgan fingerprint density at radius 1 is 1.00 bits per heavy atom. The zero-order valence-electron chi connectivity index (χ0n) is 16.3. The Balaban J connectivity index is 1.18. The van der Waals surface area contributed by atoms with Crippen molar-refractivity contribution in [3.05, 3.63) is 59.2 Å². The van der Waals surface area contributed by atoms with Gasteiger partial charge < -0.3 is 14.2 Å². The van der Waals surface area contributed by atoms with Gasteiger partial charge in [-0.15, -0.1) is 0 Å². The van der Waals surface area contributed by atoms with Gasteiger partial charge in [-0.05, 0) is 48.1 Å². The first-order chi connectivity index (χ1) is 14.6. The minimum absolute atomic E-state index is 0.0223. The monoisotopic (exact) mass is 410 g/mol.